The Morgan fingerprint density at radius 3 is 2.58 bits per heavy atom. The molecule has 2 unspecified atom stereocenters. The molecule has 2 aliphatic heterocycles. The lowest BCUT2D eigenvalue weighted by molar-refractivity contribution is -0.164. The second kappa shape index (κ2) is 11.2. The summed E-state index contributed by atoms with van der Waals surface area (Å²) in [7, 11) is 1.66. The molecule has 2 heterocycles. The van der Waals surface area contributed by atoms with Gasteiger partial charge in [0.15, 0.2) is 6.29 Å². The summed E-state index contributed by atoms with van der Waals surface area (Å²) >= 11 is 0. The Morgan fingerprint density at radius 1 is 1.05 bits per heavy atom. The average molecular weight is 520 g/mol. The third-order valence-corrected chi connectivity index (χ3v) is 6.90. The van der Waals surface area contributed by atoms with Crippen LogP contribution in [0.1, 0.15) is 57.1 Å². The summed E-state index contributed by atoms with van der Waals surface area (Å²) in [6, 6.07) is 18.0. The highest BCUT2D eigenvalue weighted by molar-refractivity contribution is 6.02. The Morgan fingerprint density at radius 2 is 1.87 bits per heavy atom. The molecule has 0 radical (unpaired) electrons. The van der Waals surface area contributed by atoms with E-state index in [-0.39, 0.29) is 18.3 Å². The lowest BCUT2D eigenvalue weighted by Gasteiger charge is -2.26. The summed E-state index contributed by atoms with van der Waals surface area (Å²) in [6.07, 6.45) is 2.45. The van der Waals surface area contributed by atoms with Gasteiger partial charge in [-0.15, -0.1) is 0 Å². The Bertz CT molecular complexity index is 1260. The van der Waals surface area contributed by atoms with E-state index < -0.39 is 5.60 Å². The highest BCUT2D eigenvalue weighted by Crippen LogP contribution is 2.47. The summed E-state index contributed by atoms with van der Waals surface area (Å²) in [5.41, 5.74) is 2.26. The van der Waals surface area contributed by atoms with Gasteiger partial charge in [-0.1, -0.05) is 30.3 Å². The second-order valence-corrected chi connectivity index (χ2v) is 10.9. The van der Waals surface area contributed by atoms with Gasteiger partial charge >= 0.3 is 6.09 Å². The van der Waals surface area contributed by atoms with Gasteiger partial charge in [0.2, 0.25) is 0 Å². The van der Waals surface area contributed by atoms with E-state index in [0.717, 1.165) is 59.2 Å². The van der Waals surface area contributed by atoms with Crippen LogP contribution in [0.5, 0.6) is 11.5 Å². The van der Waals surface area contributed by atoms with Crippen LogP contribution < -0.4 is 14.4 Å². The molecule has 3 aromatic rings. The highest BCUT2D eigenvalue weighted by Gasteiger charge is 2.38. The molecule has 7 nitrogen and oxygen atoms in total. The number of nitrogens with zero attached hydrogens (tertiary/aromatic N) is 1. The van der Waals surface area contributed by atoms with Gasteiger partial charge < -0.3 is 23.7 Å². The molecule has 5 rings (SSSR count). The van der Waals surface area contributed by atoms with E-state index in [0.29, 0.717) is 25.5 Å². The van der Waals surface area contributed by atoms with Crippen LogP contribution in [0.15, 0.2) is 54.6 Å². The third kappa shape index (κ3) is 5.89. The molecular formula is C31H37NO6. The molecule has 0 bridgehead atoms. The predicted octanol–water partition coefficient (Wildman–Crippen LogP) is 6.81. The van der Waals surface area contributed by atoms with E-state index in [2.05, 4.69) is 0 Å². The van der Waals surface area contributed by atoms with Crippen LogP contribution in [0.2, 0.25) is 0 Å². The van der Waals surface area contributed by atoms with Gasteiger partial charge in [0, 0.05) is 30.5 Å². The maximum Gasteiger partial charge on any atom is 0.414 e. The second-order valence-electron chi connectivity index (χ2n) is 10.9. The van der Waals surface area contributed by atoms with Crippen molar-refractivity contribution in [1.29, 1.82) is 0 Å². The lowest BCUT2D eigenvalue weighted by atomic mass is 9.94. The summed E-state index contributed by atoms with van der Waals surface area (Å²) in [4.78, 5) is 15.1. The largest absolute Gasteiger partial charge is 0.497 e. The monoisotopic (exact) mass is 519 g/mol. The molecule has 2 atom stereocenters. The van der Waals surface area contributed by atoms with Crippen molar-refractivity contribution in [3.8, 4) is 11.5 Å². The van der Waals surface area contributed by atoms with Crippen molar-refractivity contribution in [2.24, 2.45) is 0 Å². The normalized spacial score (nSPS) is 19.3. The fraction of sp³-hybridized carbons (Fsp3) is 0.452. The fourth-order valence-electron chi connectivity index (χ4n) is 5.11. The molecule has 0 spiro atoms. The fourth-order valence-corrected chi connectivity index (χ4v) is 5.11. The van der Waals surface area contributed by atoms with E-state index in [1.165, 1.54) is 0 Å². The van der Waals surface area contributed by atoms with Crippen molar-refractivity contribution in [1.82, 2.24) is 0 Å². The van der Waals surface area contributed by atoms with Crippen LogP contribution in [0, 0.1) is 0 Å². The van der Waals surface area contributed by atoms with E-state index >= 15 is 0 Å². The van der Waals surface area contributed by atoms with Crippen LogP contribution in [0.25, 0.3) is 10.8 Å². The summed E-state index contributed by atoms with van der Waals surface area (Å²) in [5, 5.41) is 1.94. The molecule has 1 saturated heterocycles. The number of hydrogen-bond donors (Lipinski definition) is 0. The number of hydrogen-bond acceptors (Lipinski definition) is 6. The molecule has 7 heteroatoms. The quantitative estimate of drug-likeness (QED) is 0.342. The summed E-state index contributed by atoms with van der Waals surface area (Å²) in [5.74, 6) is 1.39. The Kier molecular flexibility index (Phi) is 7.77. The number of amides is 1. The first-order valence-electron chi connectivity index (χ1n) is 13.4. The first-order chi connectivity index (χ1) is 18.3. The van der Waals surface area contributed by atoms with Crippen molar-refractivity contribution in [3.63, 3.8) is 0 Å². The van der Waals surface area contributed by atoms with E-state index in [4.69, 9.17) is 23.7 Å². The van der Waals surface area contributed by atoms with E-state index in [1.807, 2.05) is 75.4 Å². The predicted molar refractivity (Wildman–Crippen MR) is 147 cm³/mol. The number of benzene rings is 3. The average Bonchev–Trinajstić information content (AvgIpc) is 3.29. The van der Waals surface area contributed by atoms with Gasteiger partial charge in [-0.25, -0.2) is 4.79 Å². The molecule has 3 aromatic carbocycles. The zero-order valence-electron chi connectivity index (χ0n) is 22.7. The Balaban J connectivity index is 1.55. The molecule has 38 heavy (non-hydrogen) atoms. The number of methoxy groups -OCH3 is 1. The number of ether oxygens (including phenoxy) is 5. The van der Waals surface area contributed by atoms with Crippen LogP contribution in [0.3, 0.4) is 0 Å². The Labute approximate surface area is 224 Å². The highest BCUT2D eigenvalue weighted by atomic mass is 16.7. The third-order valence-electron chi connectivity index (χ3n) is 6.90. The molecule has 0 aromatic heterocycles. The first-order valence-corrected chi connectivity index (χ1v) is 13.4. The molecule has 202 valence electrons. The first kappa shape index (κ1) is 26.3. The maximum absolute atomic E-state index is 13.4. The standard InChI is InChI=1S/C31H37NO6/c1-31(2,3)38-30(33)32-18-22(20-37-28-12-8-9-15-35-28)29-25-16-23(34-4)13-14-24(25)27(17-26(29)32)36-19-21-10-6-5-7-11-21/h5-7,10-11,13-14,16-17,22,28H,8-9,12,15,18-20H2,1-4H3. The van der Waals surface area contributed by atoms with Crippen molar-refractivity contribution < 1.29 is 28.5 Å². The Hall–Kier alpha value is -3.29. The van der Waals surface area contributed by atoms with Gasteiger partial charge in [-0.2, -0.15) is 0 Å². The maximum atomic E-state index is 13.4. The summed E-state index contributed by atoms with van der Waals surface area (Å²) < 4.78 is 29.8. The molecule has 0 aliphatic carbocycles. The van der Waals surface area contributed by atoms with Crippen LogP contribution in [0.4, 0.5) is 10.5 Å². The van der Waals surface area contributed by atoms with Gasteiger partial charge in [-0.05, 0) is 74.7 Å². The smallest absolute Gasteiger partial charge is 0.414 e. The molecule has 0 saturated carbocycles. The SMILES string of the molecule is COc1ccc2c(OCc3ccccc3)cc3c(c2c1)C(COC1CCCCO1)CN3C(=O)OC(C)(C)C. The van der Waals surface area contributed by atoms with E-state index in [1.54, 1.807) is 12.0 Å². The number of carbonyl (C=O) groups is 1. The number of rotatable bonds is 7. The van der Waals surface area contributed by atoms with Gasteiger partial charge in [0.25, 0.3) is 0 Å². The number of carbonyl (C=O) groups excluding carboxylic acids is 1. The topological polar surface area (TPSA) is 66.5 Å². The number of anilines is 1. The lowest BCUT2D eigenvalue weighted by Crippen LogP contribution is -2.36. The minimum absolute atomic E-state index is 0.0548. The van der Waals surface area contributed by atoms with Crippen molar-refractivity contribution in [2.45, 2.75) is 64.4 Å². The van der Waals surface area contributed by atoms with Crippen molar-refractivity contribution in [3.05, 3.63) is 65.7 Å². The zero-order chi connectivity index (χ0) is 26.7. The van der Waals surface area contributed by atoms with Gasteiger partial charge in [0.1, 0.15) is 23.7 Å². The molecule has 2 aliphatic rings. The zero-order valence-corrected chi connectivity index (χ0v) is 22.7. The minimum Gasteiger partial charge on any atom is -0.497 e. The van der Waals surface area contributed by atoms with Crippen LogP contribution in [-0.2, 0) is 20.8 Å². The van der Waals surface area contributed by atoms with Crippen molar-refractivity contribution in [2.75, 3.05) is 31.8 Å². The molecule has 1 fully saturated rings. The van der Waals surface area contributed by atoms with Crippen LogP contribution in [-0.4, -0.2) is 44.9 Å². The van der Waals surface area contributed by atoms with E-state index in [9.17, 15) is 4.79 Å². The molecule has 0 N–H and O–H groups in total. The van der Waals surface area contributed by atoms with Gasteiger partial charge in [0.05, 0.1) is 19.4 Å². The van der Waals surface area contributed by atoms with Gasteiger partial charge in [-0.3, -0.25) is 4.90 Å². The van der Waals surface area contributed by atoms with Crippen LogP contribution >= 0.6 is 0 Å². The molecule has 1 amide bonds. The summed E-state index contributed by atoms with van der Waals surface area (Å²) in [6.45, 7) is 7.66. The minimum atomic E-state index is -0.617. The van der Waals surface area contributed by atoms with Crippen molar-refractivity contribution >= 4 is 22.6 Å². The molecular weight excluding hydrogens is 482 g/mol. The number of fused-ring (bicyclic) bond motifs is 3.